The van der Waals surface area contributed by atoms with Crippen LogP contribution in [0.1, 0.15) is 51.0 Å². The molecule has 3 heteroatoms. The molecule has 2 rings (SSSR count). The van der Waals surface area contributed by atoms with Gasteiger partial charge in [-0.3, -0.25) is 4.98 Å². The molecule has 1 aromatic rings. The molecule has 0 amide bonds. The topological polar surface area (TPSA) is 25.4 Å². The highest BCUT2D eigenvalue weighted by atomic mass is 16.5. The lowest BCUT2D eigenvalue weighted by Crippen LogP contribution is -2.21. The Morgan fingerprint density at radius 3 is 3.00 bits per heavy atom. The number of aromatic nitrogens is 1. The Bertz CT molecular complexity index is 489. The van der Waals surface area contributed by atoms with Crippen LogP contribution in [0.25, 0.3) is 0 Å². The Morgan fingerprint density at radius 2 is 2.24 bits per heavy atom. The third-order valence-corrected chi connectivity index (χ3v) is 3.75. The van der Waals surface area contributed by atoms with E-state index < -0.39 is 0 Å². The lowest BCUT2D eigenvalue weighted by molar-refractivity contribution is 0.207. The van der Waals surface area contributed by atoms with Gasteiger partial charge in [-0.05, 0) is 26.0 Å². The molecule has 0 spiro atoms. The first kappa shape index (κ1) is 15.9. The molecule has 1 fully saturated rings. The summed E-state index contributed by atoms with van der Waals surface area (Å²) in [6.07, 6.45) is 11.0. The van der Waals surface area contributed by atoms with Crippen LogP contribution in [-0.2, 0) is 0 Å². The summed E-state index contributed by atoms with van der Waals surface area (Å²) < 4.78 is 5.97. The monoisotopic (exact) mass is 286 g/mol. The van der Waals surface area contributed by atoms with Crippen LogP contribution in [0, 0.1) is 11.8 Å². The zero-order chi connectivity index (χ0) is 14.9. The highest BCUT2D eigenvalue weighted by Crippen LogP contribution is 2.17. The van der Waals surface area contributed by atoms with Crippen molar-refractivity contribution in [3.8, 4) is 17.6 Å². The third-order valence-electron chi connectivity index (χ3n) is 3.75. The van der Waals surface area contributed by atoms with Gasteiger partial charge in [0.05, 0.1) is 6.20 Å². The third kappa shape index (κ3) is 5.77. The molecule has 0 aliphatic carbocycles. The maximum Gasteiger partial charge on any atom is 0.139 e. The summed E-state index contributed by atoms with van der Waals surface area (Å²) in [4.78, 5) is 6.52. The van der Waals surface area contributed by atoms with Crippen molar-refractivity contribution in [2.75, 3.05) is 20.1 Å². The van der Waals surface area contributed by atoms with E-state index in [1.165, 1.54) is 25.7 Å². The number of rotatable bonds is 6. The Hall–Kier alpha value is -1.53. The fraction of sp³-hybridized carbons (Fsp3) is 0.611. The van der Waals surface area contributed by atoms with Crippen LogP contribution in [0.15, 0.2) is 18.5 Å². The van der Waals surface area contributed by atoms with Gasteiger partial charge >= 0.3 is 0 Å². The number of hydrogen-bond donors (Lipinski definition) is 0. The Labute approximate surface area is 128 Å². The summed E-state index contributed by atoms with van der Waals surface area (Å²) >= 11 is 0. The van der Waals surface area contributed by atoms with Gasteiger partial charge < -0.3 is 9.64 Å². The largest absolute Gasteiger partial charge is 0.487 e. The van der Waals surface area contributed by atoms with E-state index in [1.807, 2.05) is 12.3 Å². The zero-order valence-electron chi connectivity index (χ0n) is 13.3. The van der Waals surface area contributed by atoms with E-state index in [2.05, 4.69) is 35.7 Å². The average Bonchev–Trinajstić information content (AvgIpc) is 2.88. The van der Waals surface area contributed by atoms with E-state index >= 15 is 0 Å². The van der Waals surface area contributed by atoms with Gasteiger partial charge in [-0.1, -0.05) is 38.0 Å². The summed E-state index contributed by atoms with van der Waals surface area (Å²) in [7, 11) is 2.13. The fourth-order valence-electron chi connectivity index (χ4n) is 2.54. The molecular weight excluding hydrogens is 260 g/mol. The summed E-state index contributed by atoms with van der Waals surface area (Å²) in [6.45, 7) is 4.33. The second-order valence-electron chi connectivity index (χ2n) is 5.81. The number of ether oxygens (including phenoxy) is 1. The molecular formula is C18H26N2O. The molecule has 1 saturated heterocycles. The predicted octanol–water partition coefficient (Wildman–Crippen LogP) is 3.49. The molecule has 0 aromatic carbocycles. The molecule has 0 bridgehead atoms. The molecule has 1 atom stereocenters. The van der Waals surface area contributed by atoms with Gasteiger partial charge in [0.15, 0.2) is 0 Å². The van der Waals surface area contributed by atoms with E-state index in [-0.39, 0.29) is 6.10 Å². The minimum absolute atomic E-state index is 0.286. The normalized spacial score (nSPS) is 18.3. The van der Waals surface area contributed by atoms with Crippen molar-refractivity contribution in [2.45, 2.75) is 51.6 Å². The quantitative estimate of drug-likeness (QED) is 0.591. The van der Waals surface area contributed by atoms with Gasteiger partial charge in [0.25, 0.3) is 0 Å². The summed E-state index contributed by atoms with van der Waals surface area (Å²) in [5.74, 6) is 7.27. The number of hydrogen-bond acceptors (Lipinski definition) is 3. The van der Waals surface area contributed by atoms with Gasteiger partial charge in [-0.25, -0.2) is 0 Å². The van der Waals surface area contributed by atoms with Crippen molar-refractivity contribution < 1.29 is 4.74 Å². The second-order valence-corrected chi connectivity index (χ2v) is 5.81. The van der Waals surface area contributed by atoms with Crippen LogP contribution in [-0.4, -0.2) is 36.1 Å². The summed E-state index contributed by atoms with van der Waals surface area (Å²) in [6, 6.07) is 2.00. The minimum Gasteiger partial charge on any atom is -0.487 e. The van der Waals surface area contributed by atoms with E-state index in [4.69, 9.17) is 4.74 Å². The Kier molecular flexibility index (Phi) is 6.56. The maximum absolute atomic E-state index is 5.97. The molecule has 0 saturated carbocycles. The Balaban J connectivity index is 1.81. The second kappa shape index (κ2) is 8.69. The molecule has 0 unspecified atom stereocenters. The molecule has 114 valence electrons. The van der Waals surface area contributed by atoms with Crippen molar-refractivity contribution in [2.24, 2.45) is 0 Å². The molecule has 21 heavy (non-hydrogen) atoms. The lowest BCUT2D eigenvalue weighted by atomic mass is 10.1. The number of unbranched alkanes of at least 4 members (excludes halogenated alkanes) is 4. The van der Waals surface area contributed by atoms with Gasteiger partial charge in [0, 0.05) is 31.3 Å². The van der Waals surface area contributed by atoms with Crippen LogP contribution in [0.3, 0.4) is 0 Å². The van der Waals surface area contributed by atoms with Gasteiger partial charge in [-0.15, -0.1) is 0 Å². The van der Waals surface area contributed by atoms with Crippen LogP contribution < -0.4 is 4.74 Å². The highest BCUT2D eigenvalue weighted by Gasteiger charge is 2.20. The molecule has 1 aliphatic rings. The zero-order valence-corrected chi connectivity index (χ0v) is 13.3. The van der Waals surface area contributed by atoms with Gasteiger partial charge in [-0.2, -0.15) is 0 Å². The SMILES string of the molecule is CCCCCCC#Cc1cncc(O[C@@H]2CCN(C)C2)c1. The molecule has 0 radical (unpaired) electrons. The molecule has 2 heterocycles. The summed E-state index contributed by atoms with van der Waals surface area (Å²) in [5, 5.41) is 0. The lowest BCUT2D eigenvalue weighted by Gasteiger charge is -2.13. The molecule has 1 aliphatic heterocycles. The first-order valence-corrected chi connectivity index (χ1v) is 8.07. The van der Waals surface area contributed by atoms with Gasteiger partial charge in [0.2, 0.25) is 0 Å². The molecule has 3 nitrogen and oxygen atoms in total. The van der Waals surface area contributed by atoms with Gasteiger partial charge in [0.1, 0.15) is 11.9 Å². The highest BCUT2D eigenvalue weighted by molar-refractivity contribution is 5.36. The average molecular weight is 286 g/mol. The van der Waals surface area contributed by atoms with Crippen molar-refractivity contribution in [3.63, 3.8) is 0 Å². The van der Waals surface area contributed by atoms with E-state index in [1.54, 1.807) is 6.20 Å². The summed E-state index contributed by atoms with van der Waals surface area (Å²) in [5.41, 5.74) is 0.953. The Morgan fingerprint density at radius 1 is 1.33 bits per heavy atom. The van der Waals surface area contributed by atoms with Crippen LogP contribution in [0.4, 0.5) is 0 Å². The predicted molar refractivity (Wildman–Crippen MR) is 86.4 cm³/mol. The van der Waals surface area contributed by atoms with Crippen molar-refractivity contribution in [1.29, 1.82) is 0 Å². The molecule has 1 aromatic heterocycles. The number of nitrogens with zero attached hydrogens (tertiary/aromatic N) is 2. The minimum atomic E-state index is 0.286. The van der Waals surface area contributed by atoms with Crippen LogP contribution >= 0.6 is 0 Å². The van der Waals surface area contributed by atoms with Crippen molar-refractivity contribution in [1.82, 2.24) is 9.88 Å². The fourth-order valence-corrected chi connectivity index (χ4v) is 2.54. The van der Waals surface area contributed by atoms with E-state index in [9.17, 15) is 0 Å². The van der Waals surface area contributed by atoms with E-state index in [0.717, 1.165) is 37.2 Å². The maximum atomic E-state index is 5.97. The van der Waals surface area contributed by atoms with E-state index in [0.29, 0.717) is 0 Å². The van der Waals surface area contributed by atoms with Crippen LogP contribution in [0.5, 0.6) is 5.75 Å². The van der Waals surface area contributed by atoms with Crippen LogP contribution in [0.2, 0.25) is 0 Å². The first-order chi connectivity index (χ1) is 10.3. The smallest absolute Gasteiger partial charge is 0.139 e. The standard InChI is InChI=1S/C18H26N2O/c1-3-4-5-6-7-8-9-16-12-18(14-19-13-16)21-17-10-11-20(2)15-17/h12-14,17H,3-7,10-11,15H2,1-2H3/t17-/m1/s1. The number of pyridine rings is 1. The molecule has 0 N–H and O–H groups in total. The number of likely N-dealkylation sites (N-methyl/N-ethyl adjacent to an activating group) is 1. The van der Waals surface area contributed by atoms with Crippen molar-refractivity contribution >= 4 is 0 Å². The van der Waals surface area contributed by atoms with Crippen molar-refractivity contribution in [3.05, 3.63) is 24.0 Å². The number of likely N-dealkylation sites (tertiary alicyclic amines) is 1. The first-order valence-electron chi connectivity index (χ1n) is 8.07.